The van der Waals surface area contributed by atoms with E-state index in [-0.39, 0.29) is 25.0 Å². The van der Waals surface area contributed by atoms with Gasteiger partial charge in [-0.3, -0.25) is 9.59 Å². The molecule has 0 atom stereocenters. The number of hydrogen-bond donors (Lipinski definition) is 0. The first-order valence-corrected chi connectivity index (χ1v) is 10.5. The van der Waals surface area contributed by atoms with Crippen molar-refractivity contribution in [3.05, 3.63) is 71.0 Å². The van der Waals surface area contributed by atoms with E-state index in [9.17, 15) is 9.59 Å². The Labute approximate surface area is 176 Å². The maximum Gasteiger partial charge on any atom is 0.310 e. The van der Waals surface area contributed by atoms with Crippen LogP contribution in [0.15, 0.2) is 53.1 Å². The monoisotopic (exact) mass is 405 g/mol. The molecule has 0 radical (unpaired) electrons. The van der Waals surface area contributed by atoms with E-state index in [0.717, 1.165) is 41.4 Å². The van der Waals surface area contributed by atoms with Crippen LogP contribution in [0.1, 0.15) is 42.5 Å². The molecule has 1 heterocycles. The number of carbonyl (C=O) groups excluding carboxylic acids is 2. The number of rotatable bonds is 7. The van der Waals surface area contributed by atoms with E-state index in [0.29, 0.717) is 6.54 Å². The molecular formula is C25H27NO4. The number of fused-ring (bicyclic) bond motifs is 2. The number of ether oxygens (including phenoxy) is 1. The number of carbonyl (C=O) groups is 2. The van der Waals surface area contributed by atoms with Crippen LogP contribution in [0.25, 0.3) is 11.0 Å². The normalized spacial score (nSPS) is 12.9. The SMILES string of the molecule is CC(C)N(Cc1ccccc1)C(=O)COC(=O)Cc1coc2cc3c(cc12)CCC3. The molecule has 1 aliphatic carbocycles. The van der Waals surface area contributed by atoms with Gasteiger partial charge in [0.1, 0.15) is 5.58 Å². The van der Waals surface area contributed by atoms with Crippen LogP contribution in [0.3, 0.4) is 0 Å². The Balaban J connectivity index is 1.37. The van der Waals surface area contributed by atoms with E-state index >= 15 is 0 Å². The molecule has 0 unspecified atom stereocenters. The summed E-state index contributed by atoms with van der Waals surface area (Å²) in [6.45, 7) is 4.15. The fraction of sp³-hybridized carbons (Fsp3) is 0.360. The predicted molar refractivity (Wildman–Crippen MR) is 115 cm³/mol. The lowest BCUT2D eigenvalue weighted by Gasteiger charge is -2.26. The number of furan rings is 1. The molecule has 5 nitrogen and oxygen atoms in total. The van der Waals surface area contributed by atoms with Gasteiger partial charge in [0.05, 0.1) is 12.7 Å². The minimum atomic E-state index is -0.421. The summed E-state index contributed by atoms with van der Waals surface area (Å²) >= 11 is 0. The van der Waals surface area contributed by atoms with Crippen molar-refractivity contribution < 1.29 is 18.7 Å². The van der Waals surface area contributed by atoms with Gasteiger partial charge in [-0.15, -0.1) is 0 Å². The minimum absolute atomic E-state index is 0.0105. The van der Waals surface area contributed by atoms with Crippen LogP contribution in [0.4, 0.5) is 0 Å². The summed E-state index contributed by atoms with van der Waals surface area (Å²) in [4.78, 5) is 26.8. The van der Waals surface area contributed by atoms with Crippen LogP contribution in [0.5, 0.6) is 0 Å². The third kappa shape index (κ3) is 4.40. The quantitative estimate of drug-likeness (QED) is 0.545. The van der Waals surface area contributed by atoms with Crippen molar-refractivity contribution in [2.75, 3.05) is 6.61 Å². The van der Waals surface area contributed by atoms with Gasteiger partial charge in [0.15, 0.2) is 6.61 Å². The Hall–Kier alpha value is -3.08. The average Bonchev–Trinajstić information content (AvgIpc) is 3.35. The zero-order valence-electron chi connectivity index (χ0n) is 17.5. The molecule has 1 amide bonds. The highest BCUT2D eigenvalue weighted by Crippen LogP contribution is 2.30. The lowest BCUT2D eigenvalue weighted by Crippen LogP contribution is -2.39. The van der Waals surface area contributed by atoms with Gasteiger partial charge in [-0.25, -0.2) is 0 Å². The zero-order chi connectivity index (χ0) is 21.1. The molecule has 30 heavy (non-hydrogen) atoms. The van der Waals surface area contributed by atoms with Gasteiger partial charge >= 0.3 is 5.97 Å². The first-order valence-electron chi connectivity index (χ1n) is 10.5. The van der Waals surface area contributed by atoms with Gasteiger partial charge in [-0.2, -0.15) is 0 Å². The largest absolute Gasteiger partial charge is 0.464 e. The third-order valence-electron chi connectivity index (χ3n) is 5.70. The molecule has 5 heteroatoms. The summed E-state index contributed by atoms with van der Waals surface area (Å²) < 4.78 is 11.0. The Morgan fingerprint density at radius 2 is 1.83 bits per heavy atom. The second-order valence-electron chi connectivity index (χ2n) is 8.17. The van der Waals surface area contributed by atoms with Crippen LogP contribution < -0.4 is 0 Å². The fourth-order valence-electron chi connectivity index (χ4n) is 4.06. The fourth-order valence-corrected chi connectivity index (χ4v) is 4.06. The van der Waals surface area contributed by atoms with Gasteiger partial charge in [0.2, 0.25) is 0 Å². The van der Waals surface area contributed by atoms with Crippen LogP contribution >= 0.6 is 0 Å². The molecule has 0 saturated carbocycles. The van der Waals surface area contributed by atoms with Crippen molar-refractivity contribution in [3.63, 3.8) is 0 Å². The maximum absolute atomic E-state index is 12.7. The molecule has 156 valence electrons. The van der Waals surface area contributed by atoms with Crippen molar-refractivity contribution in [1.82, 2.24) is 4.90 Å². The van der Waals surface area contributed by atoms with Crippen molar-refractivity contribution in [2.45, 2.75) is 52.1 Å². The lowest BCUT2D eigenvalue weighted by molar-refractivity contribution is -0.152. The molecule has 0 aliphatic heterocycles. The van der Waals surface area contributed by atoms with Gasteiger partial charge in [-0.05, 0) is 61.9 Å². The van der Waals surface area contributed by atoms with Crippen LogP contribution in [0.2, 0.25) is 0 Å². The number of nitrogens with zero attached hydrogens (tertiary/aromatic N) is 1. The summed E-state index contributed by atoms with van der Waals surface area (Å²) in [5.41, 5.74) is 5.33. The van der Waals surface area contributed by atoms with E-state index < -0.39 is 5.97 Å². The Bertz CT molecular complexity index is 1050. The van der Waals surface area contributed by atoms with Crippen molar-refractivity contribution in [1.29, 1.82) is 0 Å². The second kappa shape index (κ2) is 8.74. The Morgan fingerprint density at radius 1 is 1.10 bits per heavy atom. The number of amides is 1. The summed E-state index contributed by atoms with van der Waals surface area (Å²) in [5, 5.41) is 0.965. The molecule has 0 N–H and O–H groups in total. The van der Waals surface area contributed by atoms with Crippen molar-refractivity contribution in [3.8, 4) is 0 Å². The van der Waals surface area contributed by atoms with Crippen LogP contribution in [-0.2, 0) is 40.1 Å². The van der Waals surface area contributed by atoms with Gasteiger partial charge in [0, 0.05) is 23.5 Å². The molecule has 1 aromatic heterocycles. The molecule has 0 spiro atoms. The van der Waals surface area contributed by atoms with Gasteiger partial charge < -0.3 is 14.1 Å². The highest BCUT2D eigenvalue weighted by atomic mass is 16.5. The number of esters is 1. The molecule has 2 aromatic carbocycles. The average molecular weight is 405 g/mol. The summed E-state index contributed by atoms with van der Waals surface area (Å²) in [6, 6.07) is 14.0. The van der Waals surface area contributed by atoms with Crippen LogP contribution in [0, 0.1) is 0 Å². The number of aryl methyl sites for hydroxylation is 2. The first kappa shape index (κ1) is 20.2. The molecule has 1 aliphatic rings. The van der Waals surface area contributed by atoms with E-state index in [2.05, 4.69) is 12.1 Å². The van der Waals surface area contributed by atoms with Gasteiger partial charge in [-0.1, -0.05) is 30.3 Å². The highest BCUT2D eigenvalue weighted by molar-refractivity contribution is 5.88. The molecule has 0 bridgehead atoms. The lowest BCUT2D eigenvalue weighted by atomic mass is 10.0. The highest BCUT2D eigenvalue weighted by Gasteiger charge is 2.21. The molecule has 4 rings (SSSR count). The Kier molecular flexibility index (Phi) is 5.88. The van der Waals surface area contributed by atoms with E-state index in [4.69, 9.17) is 9.15 Å². The molecule has 3 aromatic rings. The smallest absolute Gasteiger partial charge is 0.310 e. The number of hydrogen-bond acceptors (Lipinski definition) is 4. The van der Waals surface area contributed by atoms with Gasteiger partial charge in [0.25, 0.3) is 5.91 Å². The van der Waals surface area contributed by atoms with E-state index in [1.807, 2.05) is 44.2 Å². The maximum atomic E-state index is 12.7. The van der Waals surface area contributed by atoms with Crippen molar-refractivity contribution in [2.24, 2.45) is 0 Å². The topological polar surface area (TPSA) is 59.8 Å². The summed E-state index contributed by atoms with van der Waals surface area (Å²) in [7, 11) is 0. The van der Waals surface area contributed by atoms with Crippen molar-refractivity contribution >= 4 is 22.8 Å². The third-order valence-corrected chi connectivity index (χ3v) is 5.70. The molecule has 0 fully saturated rings. The number of benzene rings is 2. The zero-order valence-corrected chi connectivity index (χ0v) is 17.5. The first-order chi connectivity index (χ1) is 14.5. The van der Waals surface area contributed by atoms with E-state index in [1.54, 1.807) is 11.2 Å². The van der Waals surface area contributed by atoms with Crippen LogP contribution in [-0.4, -0.2) is 29.4 Å². The summed E-state index contributed by atoms with van der Waals surface area (Å²) in [6.07, 6.45) is 5.04. The standard InChI is InChI=1S/C25H27NO4/c1-17(2)26(14-18-7-4-3-5-8-18)24(27)16-30-25(28)13-21-15-29-23-12-20-10-6-9-19(20)11-22(21)23/h3-5,7-8,11-12,15,17H,6,9-10,13-14,16H2,1-2H3. The molecule has 0 saturated heterocycles. The van der Waals surface area contributed by atoms with E-state index in [1.165, 1.54) is 11.1 Å². The Morgan fingerprint density at radius 3 is 2.57 bits per heavy atom. The predicted octanol–water partition coefficient (Wildman–Crippen LogP) is 4.44. The second-order valence-corrected chi connectivity index (χ2v) is 8.17. The molecular weight excluding hydrogens is 378 g/mol. The minimum Gasteiger partial charge on any atom is -0.464 e. The summed E-state index contributed by atoms with van der Waals surface area (Å²) in [5.74, 6) is -0.618.